The average Bonchev–Trinajstić information content (AvgIpc) is 2.15. The quantitative estimate of drug-likeness (QED) is 0.614. The Bertz CT molecular complexity index is 314. The zero-order valence-corrected chi connectivity index (χ0v) is 9.48. The molecule has 0 aromatic heterocycles. The summed E-state index contributed by atoms with van der Waals surface area (Å²) in [5.41, 5.74) is 0. The second-order valence-electron chi connectivity index (χ2n) is 3.78. The van der Waals surface area contributed by atoms with Crippen LogP contribution in [0.2, 0.25) is 0 Å². The fourth-order valence-corrected chi connectivity index (χ4v) is 1.95. The van der Waals surface area contributed by atoms with E-state index < -0.39 is 12.1 Å². The third-order valence-electron chi connectivity index (χ3n) is 2.81. The Morgan fingerprint density at radius 1 is 1.33 bits per heavy atom. The van der Waals surface area contributed by atoms with Crippen molar-refractivity contribution in [3.05, 3.63) is 0 Å². The van der Waals surface area contributed by atoms with Crippen LogP contribution in [0.15, 0.2) is 0 Å². The van der Waals surface area contributed by atoms with Crippen LogP contribution in [0.3, 0.4) is 0 Å². The summed E-state index contributed by atoms with van der Waals surface area (Å²) in [6.07, 6.45) is 0.525. The monoisotopic (exact) mass is 212 g/mol. The number of rotatable bonds is 1. The van der Waals surface area contributed by atoms with E-state index in [-0.39, 0.29) is 17.7 Å². The van der Waals surface area contributed by atoms with Crippen molar-refractivity contribution in [3.8, 4) is 0 Å². The van der Waals surface area contributed by atoms with Gasteiger partial charge in [-0.15, -0.1) is 0 Å². The number of carbonyl (C=O) groups is 3. The van der Waals surface area contributed by atoms with Crippen LogP contribution in [-0.2, 0) is 14.4 Å². The van der Waals surface area contributed by atoms with Gasteiger partial charge < -0.3 is 4.90 Å². The van der Waals surface area contributed by atoms with Crippen molar-refractivity contribution in [2.24, 2.45) is 0 Å². The highest BCUT2D eigenvalue weighted by Crippen LogP contribution is 2.18. The molecule has 0 saturated carbocycles. The molecule has 0 aromatic rings. The number of imide groups is 1. The molecule has 0 aromatic carbocycles. The van der Waals surface area contributed by atoms with Gasteiger partial charge in [0, 0.05) is 14.0 Å². The van der Waals surface area contributed by atoms with Gasteiger partial charge >= 0.3 is 0 Å². The first-order valence-electron chi connectivity index (χ1n) is 5.02. The fourth-order valence-electron chi connectivity index (χ4n) is 1.95. The number of hydrogen-bond donors (Lipinski definition) is 0. The molecule has 84 valence electrons. The topological polar surface area (TPSA) is 57.7 Å². The number of piperazine rings is 1. The number of likely N-dealkylation sites (N-methyl/N-ethyl adjacent to an activating group) is 1. The lowest BCUT2D eigenvalue weighted by molar-refractivity contribution is -0.165. The minimum atomic E-state index is -0.678. The van der Waals surface area contributed by atoms with Gasteiger partial charge in [0.1, 0.15) is 12.1 Å². The Balaban J connectivity index is 3.06. The fraction of sp³-hybridized carbons (Fsp3) is 0.700. The highest BCUT2D eigenvalue weighted by molar-refractivity contribution is 6.05. The standard InChI is InChI=1S/C10H16N2O3/c1-5-8-10(15)12(7(3)13)6(2)9(14)11(8)4/h6,8H,5H2,1-4H3/t6-,8+/m0/s1. The molecule has 1 saturated heterocycles. The largest absolute Gasteiger partial charge is 0.332 e. The molecule has 1 fully saturated rings. The van der Waals surface area contributed by atoms with Crippen LogP contribution in [0.5, 0.6) is 0 Å². The van der Waals surface area contributed by atoms with Crippen molar-refractivity contribution in [2.75, 3.05) is 7.05 Å². The van der Waals surface area contributed by atoms with Crippen LogP contribution in [0.1, 0.15) is 27.2 Å². The number of nitrogens with zero attached hydrogens (tertiary/aromatic N) is 2. The zero-order valence-electron chi connectivity index (χ0n) is 9.48. The van der Waals surface area contributed by atoms with E-state index in [0.29, 0.717) is 6.42 Å². The Morgan fingerprint density at radius 3 is 2.27 bits per heavy atom. The maximum Gasteiger partial charge on any atom is 0.252 e. The summed E-state index contributed by atoms with van der Waals surface area (Å²) >= 11 is 0. The van der Waals surface area contributed by atoms with Crippen LogP contribution in [-0.4, -0.2) is 46.7 Å². The summed E-state index contributed by atoms with van der Waals surface area (Å²) in [4.78, 5) is 37.4. The van der Waals surface area contributed by atoms with Gasteiger partial charge in [0.2, 0.25) is 11.8 Å². The lowest BCUT2D eigenvalue weighted by atomic mass is 10.0. The molecule has 5 heteroatoms. The minimum absolute atomic E-state index is 0.184. The molecule has 0 bridgehead atoms. The molecule has 1 aliphatic rings. The molecule has 1 heterocycles. The molecular formula is C10H16N2O3. The molecule has 0 spiro atoms. The van der Waals surface area contributed by atoms with Crippen LogP contribution in [0.4, 0.5) is 0 Å². The van der Waals surface area contributed by atoms with Gasteiger partial charge in [-0.3, -0.25) is 19.3 Å². The Morgan fingerprint density at radius 2 is 1.87 bits per heavy atom. The van der Waals surface area contributed by atoms with Crippen molar-refractivity contribution < 1.29 is 14.4 Å². The molecule has 2 atom stereocenters. The first-order valence-corrected chi connectivity index (χ1v) is 5.02. The molecule has 5 nitrogen and oxygen atoms in total. The van der Waals surface area contributed by atoms with Gasteiger partial charge in [-0.25, -0.2) is 0 Å². The van der Waals surface area contributed by atoms with Crippen molar-refractivity contribution >= 4 is 17.7 Å². The van der Waals surface area contributed by atoms with E-state index in [1.165, 1.54) is 11.8 Å². The highest BCUT2D eigenvalue weighted by Gasteiger charge is 2.42. The van der Waals surface area contributed by atoms with Gasteiger partial charge in [-0.2, -0.15) is 0 Å². The third kappa shape index (κ3) is 1.73. The van der Waals surface area contributed by atoms with Crippen molar-refractivity contribution in [1.29, 1.82) is 0 Å². The van der Waals surface area contributed by atoms with Crippen LogP contribution < -0.4 is 0 Å². The van der Waals surface area contributed by atoms with Crippen LogP contribution in [0, 0.1) is 0 Å². The molecule has 0 unspecified atom stereocenters. The van der Waals surface area contributed by atoms with Crippen LogP contribution in [0.25, 0.3) is 0 Å². The smallest absolute Gasteiger partial charge is 0.252 e. The van der Waals surface area contributed by atoms with Gasteiger partial charge in [0.15, 0.2) is 0 Å². The molecule has 0 radical (unpaired) electrons. The van der Waals surface area contributed by atoms with Gasteiger partial charge in [0.05, 0.1) is 0 Å². The second kappa shape index (κ2) is 4.00. The van der Waals surface area contributed by atoms with E-state index in [1.54, 1.807) is 14.0 Å². The van der Waals surface area contributed by atoms with E-state index in [4.69, 9.17) is 0 Å². The predicted octanol–water partition coefficient (Wildman–Crippen LogP) is 0.000600. The van der Waals surface area contributed by atoms with E-state index >= 15 is 0 Å². The first kappa shape index (κ1) is 11.7. The van der Waals surface area contributed by atoms with Gasteiger partial charge in [-0.1, -0.05) is 6.92 Å². The summed E-state index contributed by atoms with van der Waals surface area (Å²) in [7, 11) is 1.60. The summed E-state index contributed by atoms with van der Waals surface area (Å²) in [6.45, 7) is 4.70. The average molecular weight is 212 g/mol. The lowest BCUT2D eigenvalue weighted by Crippen LogP contribution is -2.63. The van der Waals surface area contributed by atoms with Crippen molar-refractivity contribution in [2.45, 2.75) is 39.3 Å². The van der Waals surface area contributed by atoms with E-state index in [2.05, 4.69) is 0 Å². The SMILES string of the molecule is CC[C@@H]1C(=O)N(C(C)=O)[C@@H](C)C(=O)N1C. The minimum Gasteiger partial charge on any atom is -0.332 e. The third-order valence-corrected chi connectivity index (χ3v) is 2.81. The second-order valence-corrected chi connectivity index (χ2v) is 3.78. The van der Waals surface area contributed by atoms with E-state index in [1.807, 2.05) is 6.92 Å². The maximum absolute atomic E-state index is 11.9. The highest BCUT2D eigenvalue weighted by atomic mass is 16.2. The molecule has 0 aliphatic carbocycles. The first-order chi connectivity index (χ1) is 6.91. The molecule has 15 heavy (non-hydrogen) atoms. The maximum atomic E-state index is 11.9. The summed E-state index contributed by atoms with van der Waals surface area (Å²) in [5, 5.41) is 0. The zero-order chi connectivity index (χ0) is 11.7. The molecule has 1 aliphatic heterocycles. The summed E-state index contributed by atoms with van der Waals surface area (Å²) in [6, 6.07) is -1.18. The lowest BCUT2D eigenvalue weighted by Gasteiger charge is -2.40. The number of carbonyl (C=O) groups excluding carboxylic acids is 3. The van der Waals surface area contributed by atoms with Gasteiger partial charge in [-0.05, 0) is 13.3 Å². The van der Waals surface area contributed by atoms with Gasteiger partial charge in [0.25, 0.3) is 5.91 Å². The Labute approximate surface area is 89.0 Å². The molecule has 0 N–H and O–H groups in total. The predicted molar refractivity (Wildman–Crippen MR) is 53.8 cm³/mol. The van der Waals surface area contributed by atoms with Crippen molar-refractivity contribution in [1.82, 2.24) is 9.80 Å². The summed E-state index contributed by atoms with van der Waals surface area (Å²) in [5.74, 6) is -0.830. The Kier molecular flexibility index (Phi) is 3.12. The van der Waals surface area contributed by atoms with E-state index in [0.717, 1.165) is 4.90 Å². The molecular weight excluding hydrogens is 196 g/mol. The van der Waals surface area contributed by atoms with E-state index in [9.17, 15) is 14.4 Å². The number of hydrogen-bond acceptors (Lipinski definition) is 3. The molecule has 1 rings (SSSR count). The summed E-state index contributed by atoms with van der Waals surface area (Å²) < 4.78 is 0. The normalized spacial score (nSPS) is 27.2. The Hall–Kier alpha value is -1.39. The molecule has 3 amide bonds. The van der Waals surface area contributed by atoms with Crippen LogP contribution >= 0.6 is 0 Å². The number of amides is 3. The van der Waals surface area contributed by atoms with Crippen molar-refractivity contribution in [3.63, 3.8) is 0 Å².